The zero-order valence-corrected chi connectivity index (χ0v) is 17.0. The van der Waals surface area contributed by atoms with E-state index >= 15 is 0 Å². The summed E-state index contributed by atoms with van der Waals surface area (Å²) in [6.07, 6.45) is 4.26. The summed E-state index contributed by atoms with van der Waals surface area (Å²) in [6.45, 7) is 5.10. The summed E-state index contributed by atoms with van der Waals surface area (Å²) in [4.78, 5) is 0. The van der Waals surface area contributed by atoms with Crippen molar-refractivity contribution in [2.45, 2.75) is 19.9 Å². The van der Waals surface area contributed by atoms with Gasteiger partial charge in [-0.05, 0) is 55.8 Å². The molecule has 0 aliphatic carbocycles. The number of rotatable bonds is 7. The molecule has 0 saturated heterocycles. The maximum absolute atomic E-state index is 3.38. The van der Waals surface area contributed by atoms with Crippen LogP contribution in [0.3, 0.4) is 0 Å². The second-order valence-corrected chi connectivity index (χ2v) is 6.69. The molecule has 0 radical (unpaired) electrons. The number of hydrogen-bond acceptors (Lipinski definition) is 3. The van der Waals surface area contributed by atoms with Crippen molar-refractivity contribution in [2.75, 3.05) is 29.5 Å². The van der Waals surface area contributed by atoms with E-state index < -0.39 is 0 Å². The van der Waals surface area contributed by atoms with Crippen molar-refractivity contribution >= 4 is 23.1 Å². The average molecular weight is 374 g/mol. The summed E-state index contributed by atoms with van der Waals surface area (Å²) in [5.74, 6) is 0. The van der Waals surface area contributed by atoms with Crippen LogP contribution in [0.1, 0.15) is 19.4 Å². The maximum atomic E-state index is 3.38. The Bertz CT molecular complexity index is 794. The minimum absolute atomic E-state index is 0.461. The summed E-state index contributed by atoms with van der Waals surface area (Å²) in [5, 5.41) is 9.79. The largest absolute Gasteiger partial charge is 0.388 e. The number of para-hydroxylation sites is 1. The molecule has 3 nitrogen and oxygen atoms in total. The van der Waals surface area contributed by atoms with E-state index in [2.05, 4.69) is 78.3 Å². The van der Waals surface area contributed by atoms with Gasteiger partial charge >= 0.3 is 0 Å². The maximum Gasteiger partial charge on any atom is 0.0344 e. The summed E-state index contributed by atoms with van der Waals surface area (Å²) in [5.41, 5.74) is 4.68. The number of hydrogen-bond donors (Lipinski definition) is 3. The van der Waals surface area contributed by atoms with Crippen molar-refractivity contribution in [1.29, 1.82) is 0 Å². The lowest BCUT2D eigenvalue weighted by molar-refractivity contribution is 0.900. The van der Waals surface area contributed by atoms with E-state index in [1.54, 1.807) is 0 Å². The van der Waals surface area contributed by atoms with Gasteiger partial charge in [0, 0.05) is 36.7 Å². The molecule has 3 aromatic rings. The highest BCUT2D eigenvalue weighted by atomic mass is 14.9. The number of benzene rings is 3. The zero-order chi connectivity index (χ0) is 20.0. The number of nitrogens with one attached hydrogen (secondary N) is 3. The Labute approximate surface area is 169 Å². The molecule has 0 aliphatic rings. The van der Waals surface area contributed by atoms with Crippen molar-refractivity contribution in [3.8, 4) is 0 Å². The Morgan fingerprint density at radius 1 is 0.714 bits per heavy atom. The normalized spacial score (nSPS) is 10.3. The lowest BCUT2D eigenvalue weighted by Gasteiger charge is -2.10. The summed E-state index contributed by atoms with van der Waals surface area (Å²) in [7, 11) is 1.91. The average Bonchev–Trinajstić information content (AvgIpc) is 2.74. The molecule has 0 atom stereocenters. The van der Waals surface area contributed by atoms with Crippen LogP contribution in [0.25, 0.3) is 6.08 Å². The lowest BCUT2D eigenvalue weighted by atomic mass is 10.2. The molecule has 3 rings (SSSR count). The van der Waals surface area contributed by atoms with Crippen LogP contribution in [0.5, 0.6) is 0 Å². The predicted molar refractivity (Wildman–Crippen MR) is 125 cm³/mol. The van der Waals surface area contributed by atoms with Gasteiger partial charge in [-0.3, -0.25) is 0 Å². The van der Waals surface area contributed by atoms with Crippen LogP contribution in [0.2, 0.25) is 0 Å². The smallest absolute Gasteiger partial charge is 0.0344 e. The van der Waals surface area contributed by atoms with Crippen molar-refractivity contribution in [1.82, 2.24) is 0 Å². The molecule has 0 heterocycles. The number of anilines is 3. The van der Waals surface area contributed by atoms with Gasteiger partial charge in [0.2, 0.25) is 0 Å². The third kappa shape index (κ3) is 8.45. The topological polar surface area (TPSA) is 36.1 Å². The quantitative estimate of drug-likeness (QED) is 0.451. The Kier molecular flexibility index (Phi) is 9.22. The molecule has 0 saturated carbocycles. The van der Waals surface area contributed by atoms with Gasteiger partial charge in [-0.25, -0.2) is 0 Å². The molecule has 0 bridgehead atoms. The molecular formula is C25H31N3. The lowest BCUT2D eigenvalue weighted by Crippen LogP contribution is -2.09. The van der Waals surface area contributed by atoms with Gasteiger partial charge in [-0.2, -0.15) is 0 Å². The highest BCUT2D eigenvalue weighted by Crippen LogP contribution is 2.14. The standard InChI is InChI=1S/C18H22N2.C7H9N/c1-15(2)20-18-12-10-17(11-13-18)19-14-6-9-16-7-4-3-5-8-16;1-8-7-5-3-2-4-6-7/h3-13,15,19-20H,14H2,1-2H3;2-6,8H,1H3/b9-6+;. The Balaban J connectivity index is 0.000000292. The van der Waals surface area contributed by atoms with Crippen LogP contribution in [0.15, 0.2) is 91.0 Å². The highest BCUT2D eigenvalue weighted by molar-refractivity contribution is 5.55. The minimum atomic E-state index is 0.461. The first kappa shape index (κ1) is 21.1. The van der Waals surface area contributed by atoms with E-state index in [9.17, 15) is 0 Å². The van der Waals surface area contributed by atoms with Crippen LogP contribution in [0, 0.1) is 0 Å². The Morgan fingerprint density at radius 3 is 1.82 bits per heavy atom. The highest BCUT2D eigenvalue weighted by Gasteiger charge is 1.95. The van der Waals surface area contributed by atoms with Crippen molar-refractivity contribution < 1.29 is 0 Å². The molecule has 0 amide bonds. The molecule has 146 valence electrons. The first-order valence-corrected chi connectivity index (χ1v) is 9.72. The third-order valence-electron chi connectivity index (χ3n) is 3.94. The summed E-state index contributed by atoms with van der Waals surface area (Å²) in [6, 6.07) is 29.3. The fraction of sp³-hybridized carbons (Fsp3) is 0.200. The summed E-state index contributed by atoms with van der Waals surface area (Å²) < 4.78 is 0. The van der Waals surface area contributed by atoms with E-state index in [4.69, 9.17) is 0 Å². The molecule has 3 N–H and O–H groups in total. The van der Waals surface area contributed by atoms with Crippen molar-refractivity contribution in [2.24, 2.45) is 0 Å². The Morgan fingerprint density at radius 2 is 1.29 bits per heavy atom. The third-order valence-corrected chi connectivity index (χ3v) is 3.94. The van der Waals surface area contributed by atoms with E-state index in [-0.39, 0.29) is 0 Å². The predicted octanol–water partition coefficient (Wildman–Crippen LogP) is 6.36. The van der Waals surface area contributed by atoms with Crippen LogP contribution in [0.4, 0.5) is 17.1 Å². The molecule has 0 aliphatic heterocycles. The SMILES string of the molecule is CC(C)Nc1ccc(NC/C=C/c2ccccc2)cc1.CNc1ccccc1. The second kappa shape index (κ2) is 12.2. The van der Waals surface area contributed by atoms with Crippen LogP contribution in [-0.4, -0.2) is 19.6 Å². The van der Waals surface area contributed by atoms with Gasteiger partial charge in [0.05, 0.1) is 0 Å². The molecule has 0 aromatic heterocycles. The van der Waals surface area contributed by atoms with Crippen LogP contribution < -0.4 is 16.0 Å². The summed E-state index contributed by atoms with van der Waals surface area (Å²) >= 11 is 0. The fourth-order valence-electron chi connectivity index (χ4n) is 2.56. The van der Waals surface area contributed by atoms with Gasteiger partial charge in [-0.15, -0.1) is 0 Å². The van der Waals surface area contributed by atoms with Gasteiger partial charge in [-0.1, -0.05) is 60.7 Å². The van der Waals surface area contributed by atoms with Crippen molar-refractivity contribution in [3.63, 3.8) is 0 Å². The van der Waals surface area contributed by atoms with E-state index in [1.807, 2.05) is 55.6 Å². The molecule has 0 unspecified atom stereocenters. The van der Waals surface area contributed by atoms with Gasteiger partial charge in [0.25, 0.3) is 0 Å². The van der Waals surface area contributed by atoms with E-state index in [1.165, 1.54) is 5.56 Å². The first-order chi connectivity index (χ1) is 13.7. The first-order valence-electron chi connectivity index (χ1n) is 9.72. The van der Waals surface area contributed by atoms with Gasteiger partial charge in [0.15, 0.2) is 0 Å². The van der Waals surface area contributed by atoms with Crippen LogP contribution in [-0.2, 0) is 0 Å². The molecule has 0 fully saturated rings. The van der Waals surface area contributed by atoms with Gasteiger partial charge in [0.1, 0.15) is 0 Å². The van der Waals surface area contributed by atoms with Gasteiger partial charge < -0.3 is 16.0 Å². The monoisotopic (exact) mass is 373 g/mol. The second-order valence-electron chi connectivity index (χ2n) is 6.69. The molecule has 3 heteroatoms. The van der Waals surface area contributed by atoms with Crippen molar-refractivity contribution in [3.05, 3.63) is 96.6 Å². The van der Waals surface area contributed by atoms with E-state index in [0.29, 0.717) is 6.04 Å². The molecule has 28 heavy (non-hydrogen) atoms. The zero-order valence-electron chi connectivity index (χ0n) is 17.0. The molecular weight excluding hydrogens is 342 g/mol. The Hall–Kier alpha value is -3.20. The molecule has 3 aromatic carbocycles. The van der Waals surface area contributed by atoms with E-state index in [0.717, 1.165) is 23.6 Å². The minimum Gasteiger partial charge on any atom is -0.388 e. The molecule has 0 spiro atoms. The van der Waals surface area contributed by atoms with Crippen LogP contribution >= 0.6 is 0 Å². The fourth-order valence-corrected chi connectivity index (χ4v) is 2.56.